The SMILES string of the molecule is CC(=O)Nc1cccc(C(=O)OCC(=O)c2cc(C)n(-c3nccs3)c2C)c1. The molecule has 3 rings (SSSR count). The highest BCUT2D eigenvalue weighted by Crippen LogP contribution is 2.22. The van der Waals surface area contributed by atoms with E-state index in [0.29, 0.717) is 11.3 Å². The number of ether oxygens (including phenoxy) is 1. The van der Waals surface area contributed by atoms with Crippen LogP contribution in [0, 0.1) is 13.8 Å². The van der Waals surface area contributed by atoms with Gasteiger partial charge in [0.2, 0.25) is 11.7 Å². The zero-order chi connectivity index (χ0) is 20.3. The van der Waals surface area contributed by atoms with Crippen LogP contribution >= 0.6 is 11.3 Å². The van der Waals surface area contributed by atoms with Gasteiger partial charge in [0, 0.05) is 41.1 Å². The van der Waals surface area contributed by atoms with Crippen molar-refractivity contribution in [3.63, 3.8) is 0 Å². The Morgan fingerprint density at radius 1 is 1.21 bits per heavy atom. The topological polar surface area (TPSA) is 90.3 Å². The number of carbonyl (C=O) groups is 3. The quantitative estimate of drug-likeness (QED) is 0.507. The van der Waals surface area contributed by atoms with Crippen molar-refractivity contribution >= 4 is 34.7 Å². The molecule has 0 aliphatic carbocycles. The highest BCUT2D eigenvalue weighted by atomic mass is 32.1. The molecular weight excluding hydrogens is 378 g/mol. The first-order chi connectivity index (χ1) is 13.4. The van der Waals surface area contributed by atoms with Crippen LogP contribution in [-0.4, -0.2) is 33.8 Å². The number of amides is 1. The maximum absolute atomic E-state index is 12.6. The molecule has 0 bridgehead atoms. The Morgan fingerprint density at radius 2 is 2.00 bits per heavy atom. The van der Waals surface area contributed by atoms with Gasteiger partial charge in [-0.05, 0) is 38.1 Å². The Balaban J connectivity index is 1.70. The first kappa shape index (κ1) is 19.5. The zero-order valence-electron chi connectivity index (χ0n) is 15.7. The fourth-order valence-corrected chi connectivity index (χ4v) is 3.64. The molecule has 0 aliphatic heterocycles. The van der Waals surface area contributed by atoms with E-state index in [-0.39, 0.29) is 23.9 Å². The molecule has 0 saturated carbocycles. The standard InChI is InChI=1S/C20H19N3O4S/c1-12-9-17(13(2)23(12)20-21-7-8-28-20)18(25)11-27-19(26)15-5-4-6-16(10-15)22-14(3)24/h4-10H,11H2,1-3H3,(H,22,24). The van der Waals surface area contributed by atoms with Gasteiger partial charge in [0.25, 0.3) is 0 Å². The third-order valence-electron chi connectivity index (χ3n) is 4.10. The van der Waals surface area contributed by atoms with Crippen LogP contribution in [0.2, 0.25) is 0 Å². The normalized spacial score (nSPS) is 10.5. The lowest BCUT2D eigenvalue weighted by atomic mass is 10.1. The second-order valence-electron chi connectivity index (χ2n) is 6.20. The molecule has 0 saturated heterocycles. The van der Waals surface area contributed by atoms with Gasteiger partial charge in [-0.15, -0.1) is 11.3 Å². The molecule has 0 radical (unpaired) electrons. The van der Waals surface area contributed by atoms with Crippen LogP contribution in [-0.2, 0) is 9.53 Å². The minimum atomic E-state index is -0.630. The Morgan fingerprint density at radius 3 is 2.68 bits per heavy atom. The van der Waals surface area contributed by atoms with Crippen LogP contribution in [0.4, 0.5) is 5.69 Å². The van der Waals surface area contributed by atoms with Gasteiger partial charge < -0.3 is 10.1 Å². The average molecular weight is 397 g/mol. The number of rotatable bonds is 6. The molecule has 0 unspecified atom stereocenters. The Bertz CT molecular complexity index is 1040. The highest BCUT2D eigenvalue weighted by Gasteiger charge is 2.19. The minimum Gasteiger partial charge on any atom is -0.454 e. The van der Waals surface area contributed by atoms with Crippen molar-refractivity contribution in [3.8, 4) is 5.13 Å². The van der Waals surface area contributed by atoms with Crippen molar-refractivity contribution in [2.45, 2.75) is 20.8 Å². The summed E-state index contributed by atoms with van der Waals surface area (Å²) < 4.78 is 7.08. The molecule has 1 N–H and O–H groups in total. The van der Waals surface area contributed by atoms with Gasteiger partial charge in [0.05, 0.1) is 5.56 Å². The van der Waals surface area contributed by atoms with Crippen molar-refractivity contribution in [2.24, 2.45) is 0 Å². The van der Waals surface area contributed by atoms with E-state index >= 15 is 0 Å². The lowest BCUT2D eigenvalue weighted by Crippen LogP contribution is -2.15. The van der Waals surface area contributed by atoms with E-state index in [1.165, 1.54) is 24.3 Å². The fraction of sp³-hybridized carbons (Fsp3) is 0.200. The summed E-state index contributed by atoms with van der Waals surface area (Å²) in [5.41, 5.74) is 2.87. The maximum Gasteiger partial charge on any atom is 0.338 e. The van der Waals surface area contributed by atoms with Gasteiger partial charge in [0.1, 0.15) is 0 Å². The second kappa shape index (κ2) is 8.18. The van der Waals surface area contributed by atoms with Crippen molar-refractivity contribution in [3.05, 3.63) is 64.4 Å². The summed E-state index contributed by atoms with van der Waals surface area (Å²) in [4.78, 5) is 40.3. The number of Topliss-reactive ketones (excluding diaryl/α,β-unsaturated/α-hetero) is 1. The molecule has 2 heterocycles. The number of thiazole rings is 1. The van der Waals surface area contributed by atoms with Crippen LogP contribution in [0.25, 0.3) is 5.13 Å². The van der Waals surface area contributed by atoms with E-state index in [1.807, 2.05) is 23.8 Å². The summed E-state index contributed by atoms with van der Waals surface area (Å²) in [6, 6.07) is 8.13. The lowest BCUT2D eigenvalue weighted by molar-refractivity contribution is -0.114. The van der Waals surface area contributed by atoms with Crippen LogP contribution in [0.1, 0.15) is 39.0 Å². The van der Waals surface area contributed by atoms with E-state index in [4.69, 9.17) is 4.74 Å². The number of esters is 1. The van der Waals surface area contributed by atoms with Crippen LogP contribution in [0.15, 0.2) is 41.9 Å². The monoisotopic (exact) mass is 397 g/mol. The minimum absolute atomic E-state index is 0.240. The molecule has 3 aromatic rings. The Labute approximate surface area is 166 Å². The van der Waals surface area contributed by atoms with Gasteiger partial charge in [0.15, 0.2) is 11.7 Å². The molecule has 2 aromatic heterocycles. The first-order valence-corrected chi connectivity index (χ1v) is 9.41. The number of nitrogens with one attached hydrogen (secondary N) is 1. The summed E-state index contributed by atoms with van der Waals surface area (Å²) >= 11 is 1.48. The number of nitrogens with zero attached hydrogens (tertiary/aromatic N) is 2. The molecular formula is C20H19N3O4S. The van der Waals surface area contributed by atoms with Crippen molar-refractivity contribution in [2.75, 3.05) is 11.9 Å². The maximum atomic E-state index is 12.6. The Kier molecular flexibility index (Phi) is 5.70. The van der Waals surface area contributed by atoms with Gasteiger partial charge in [-0.25, -0.2) is 9.78 Å². The Hall–Kier alpha value is -3.26. The molecule has 144 valence electrons. The lowest BCUT2D eigenvalue weighted by Gasteiger charge is -2.07. The van der Waals surface area contributed by atoms with Crippen molar-refractivity contribution < 1.29 is 19.1 Å². The van der Waals surface area contributed by atoms with E-state index < -0.39 is 5.97 Å². The molecule has 1 aromatic carbocycles. The van der Waals surface area contributed by atoms with Gasteiger partial charge >= 0.3 is 5.97 Å². The molecule has 0 fully saturated rings. The fourth-order valence-electron chi connectivity index (χ4n) is 2.89. The third kappa shape index (κ3) is 4.17. The molecule has 28 heavy (non-hydrogen) atoms. The summed E-state index contributed by atoms with van der Waals surface area (Å²) in [6.45, 7) is 4.74. The number of anilines is 1. The second-order valence-corrected chi connectivity index (χ2v) is 7.07. The van der Waals surface area contributed by atoms with Crippen LogP contribution in [0.3, 0.4) is 0 Å². The van der Waals surface area contributed by atoms with Crippen LogP contribution < -0.4 is 5.32 Å². The summed E-state index contributed by atoms with van der Waals surface area (Å²) in [5.74, 6) is -1.16. The number of aromatic nitrogens is 2. The van der Waals surface area contributed by atoms with Gasteiger partial charge in [-0.3, -0.25) is 14.2 Å². The van der Waals surface area contributed by atoms with Crippen LogP contribution in [0.5, 0.6) is 0 Å². The summed E-state index contributed by atoms with van der Waals surface area (Å²) in [5, 5.41) is 5.25. The number of hydrogen-bond donors (Lipinski definition) is 1. The molecule has 0 spiro atoms. The largest absolute Gasteiger partial charge is 0.454 e. The number of hydrogen-bond acceptors (Lipinski definition) is 6. The van der Waals surface area contributed by atoms with Crippen molar-refractivity contribution in [1.82, 2.24) is 9.55 Å². The molecule has 1 amide bonds. The molecule has 7 nitrogen and oxygen atoms in total. The summed E-state index contributed by atoms with van der Waals surface area (Å²) in [7, 11) is 0. The smallest absolute Gasteiger partial charge is 0.338 e. The predicted octanol–water partition coefficient (Wildman–Crippen LogP) is 3.55. The van der Waals surface area contributed by atoms with E-state index in [9.17, 15) is 14.4 Å². The molecule has 8 heteroatoms. The van der Waals surface area contributed by atoms with E-state index in [1.54, 1.807) is 30.5 Å². The average Bonchev–Trinajstić information content (AvgIpc) is 3.26. The number of aryl methyl sites for hydroxylation is 1. The zero-order valence-corrected chi connectivity index (χ0v) is 16.5. The molecule has 0 atom stereocenters. The molecule has 0 aliphatic rings. The van der Waals surface area contributed by atoms with Gasteiger partial charge in [-0.2, -0.15) is 0 Å². The van der Waals surface area contributed by atoms with E-state index in [0.717, 1.165) is 16.5 Å². The number of carbonyl (C=O) groups excluding carboxylic acids is 3. The van der Waals surface area contributed by atoms with Gasteiger partial charge in [-0.1, -0.05) is 6.07 Å². The number of benzene rings is 1. The predicted molar refractivity (Wildman–Crippen MR) is 106 cm³/mol. The number of ketones is 1. The first-order valence-electron chi connectivity index (χ1n) is 8.53. The third-order valence-corrected chi connectivity index (χ3v) is 4.85. The van der Waals surface area contributed by atoms with Crippen molar-refractivity contribution in [1.29, 1.82) is 0 Å². The highest BCUT2D eigenvalue weighted by molar-refractivity contribution is 7.12. The summed E-state index contributed by atoms with van der Waals surface area (Å²) in [6.07, 6.45) is 1.71. The van der Waals surface area contributed by atoms with E-state index in [2.05, 4.69) is 10.3 Å².